The molecule has 4 rings (SSSR count). The van der Waals surface area contributed by atoms with Crippen LogP contribution in [0, 0.1) is 13.5 Å². The first-order valence-electron chi connectivity index (χ1n) is 8.79. The Labute approximate surface area is 167 Å². The molecule has 28 heavy (non-hydrogen) atoms. The van der Waals surface area contributed by atoms with E-state index in [1.807, 2.05) is 31.2 Å². The highest BCUT2D eigenvalue weighted by molar-refractivity contribution is 6.30. The lowest BCUT2D eigenvalue weighted by molar-refractivity contribution is -0.117. The van der Waals surface area contributed by atoms with Gasteiger partial charge in [-0.25, -0.2) is 4.85 Å². The van der Waals surface area contributed by atoms with E-state index in [0.29, 0.717) is 22.2 Å². The van der Waals surface area contributed by atoms with Crippen molar-refractivity contribution < 1.29 is 9.32 Å². The molecule has 2 heterocycles. The highest BCUT2D eigenvalue weighted by Gasteiger charge is 2.31. The Morgan fingerprint density at radius 2 is 1.96 bits per heavy atom. The van der Waals surface area contributed by atoms with Crippen LogP contribution in [0.1, 0.15) is 42.0 Å². The van der Waals surface area contributed by atoms with Crippen LogP contribution in [-0.4, -0.2) is 16.7 Å². The molecule has 0 radical (unpaired) electrons. The van der Waals surface area contributed by atoms with Gasteiger partial charge in [-0.2, -0.15) is 0 Å². The monoisotopic (exact) mass is 389 g/mol. The van der Waals surface area contributed by atoms with E-state index in [4.69, 9.17) is 27.7 Å². The minimum atomic E-state index is -0.483. The van der Waals surface area contributed by atoms with Crippen molar-refractivity contribution in [2.45, 2.75) is 26.3 Å². The molecule has 138 valence electrons. The molecule has 0 saturated heterocycles. The van der Waals surface area contributed by atoms with Crippen molar-refractivity contribution in [2.24, 2.45) is 4.99 Å². The smallest absolute Gasteiger partial charge is 0.187 e. The number of ketones is 1. The third kappa shape index (κ3) is 3.12. The summed E-state index contributed by atoms with van der Waals surface area (Å²) in [6, 6.07) is 12.4. The molecule has 1 aromatic heterocycles. The Morgan fingerprint density at radius 3 is 2.64 bits per heavy atom. The molecule has 6 heteroatoms. The molecule has 0 bridgehead atoms. The first-order chi connectivity index (χ1) is 13.5. The lowest BCUT2D eigenvalue weighted by atomic mass is 9.92. The average molecular weight is 390 g/mol. The molecule has 0 fully saturated rings. The largest absolute Gasteiger partial charge is 0.358 e. The van der Waals surface area contributed by atoms with Crippen LogP contribution in [0.3, 0.4) is 0 Å². The molecular formula is C22H16ClN3O2. The summed E-state index contributed by atoms with van der Waals surface area (Å²) in [5, 5.41) is 4.74. The molecule has 1 aliphatic rings. The second-order valence-corrected chi connectivity index (χ2v) is 7.19. The maximum absolute atomic E-state index is 11.9. The van der Waals surface area contributed by atoms with E-state index < -0.39 is 6.04 Å². The minimum Gasteiger partial charge on any atom is -0.358 e. The van der Waals surface area contributed by atoms with Gasteiger partial charge in [-0.3, -0.25) is 9.79 Å². The van der Waals surface area contributed by atoms with Crippen LogP contribution in [0.4, 0.5) is 5.69 Å². The summed E-state index contributed by atoms with van der Waals surface area (Å²) in [4.78, 5) is 20.4. The van der Waals surface area contributed by atoms with Gasteiger partial charge < -0.3 is 4.52 Å². The number of fused-ring (bicyclic) bond motifs is 3. The van der Waals surface area contributed by atoms with Crippen LogP contribution in [-0.2, 0) is 4.79 Å². The summed E-state index contributed by atoms with van der Waals surface area (Å²) in [6.07, 6.45) is 0.211. The Morgan fingerprint density at radius 1 is 1.21 bits per heavy atom. The Kier molecular flexibility index (Phi) is 4.58. The number of Topliss-reactive ketones (excluding diaryl/α,β-unsaturated/α-hetero) is 1. The van der Waals surface area contributed by atoms with Crippen molar-refractivity contribution in [3.63, 3.8) is 0 Å². The number of carbonyl (C=O) groups excluding carboxylic acids is 1. The van der Waals surface area contributed by atoms with E-state index in [0.717, 1.165) is 27.9 Å². The fourth-order valence-electron chi connectivity index (χ4n) is 3.49. The number of nitrogens with zero attached hydrogens (tertiary/aromatic N) is 3. The molecule has 0 spiro atoms. The molecule has 0 saturated carbocycles. The number of rotatable bonds is 3. The lowest BCUT2D eigenvalue weighted by Crippen LogP contribution is -2.07. The van der Waals surface area contributed by atoms with Crippen molar-refractivity contribution in [2.75, 3.05) is 0 Å². The highest BCUT2D eigenvalue weighted by Crippen LogP contribution is 2.42. The molecule has 2 aromatic carbocycles. The van der Waals surface area contributed by atoms with Crippen LogP contribution in [0.25, 0.3) is 16.0 Å². The van der Waals surface area contributed by atoms with Crippen LogP contribution < -0.4 is 0 Å². The number of halogens is 1. The van der Waals surface area contributed by atoms with Crippen molar-refractivity contribution in [1.29, 1.82) is 0 Å². The lowest BCUT2D eigenvalue weighted by Gasteiger charge is -2.12. The maximum Gasteiger partial charge on any atom is 0.187 e. The maximum atomic E-state index is 11.9. The van der Waals surface area contributed by atoms with E-state index in [1.165, 1.54) is 6.92 Å². The third-order valence-electron chi connectivity index (χ3n) is 4.73. The summed E-state index contributed by atoms with van der Waals surface area (Å²) in [5.41, 5.74) is 5.35. The summed E-state index contributed by atoms with van der Waals surface area (Å²) < 4.78 is 5.61. The number of aliphatic imine (C=N–C) groups is 1. The van der Waals surface area contributed by atoms with E-state index >= 15 is 0 Å². The van der Waals surface area contributed by atoms with Gasteiger partial charge in [0.25, 0.3) is 0 Å². The molecule has 1 atom stereocenters. The van der Waals surface area contributed by atoms with Crippen LogP contribution in [0.2, 0.25) is 5.02 Å². The topological polar surface area (TPSA) is 59.8 Å². The molecule has 0 unspecified atom stereocenters. The van der Waals surface area contributed by atoms with Gasteiger partial charge >= 0.3 is 0 Å². The van der Waals surface area contributed by atoms with Gasteiger partial charge in [0.15, 0.2) is 11.4 Å². The van der Waals surface area contributed by atoms with E-state index in [9.17, 15) is 4.79 Å². The highest BCUT2D eigenvalue weighted by atomic mass is 35.5. The van der Waals surface area contributed by atoms with E-state index in [2.05, 4.69) is 10.0 Å². The molecule has 1 aliphatic heterocycles. The first-order valence-corrected chi connectivity index (χ1v) is 9.17. The third-order valence-corrected chi connectivity index (χ3v) is 4.98. The predicted molar refractivity (Wildman–Crippen MR) is 108 cm³/mol. The normalized spacial score (nSPS) is 15.1. The summed E-state index contributed by atoms with van der Waals surface area (Å²) in [5.74, 6) is 0.588. The minimum absolute atomic E-state index is 0.0111. The Balaban J connectivity index is 2.04. The SMILES string of the molecule is [C-]#[N+]c1ccc2c(c1)C(c1ccc(Cl)cc1)=N[C@@H](CC(C)=O)c1onc(C)c1-2. The second-order valence-electron chi connectivity index (χ2n) is 6.76. The molecule has 0 amide bonds. The number of hydrogen-bond donors (Lipinski definition) is 0. The zero-order valence-corrected chi connectivity index (χ0v) is 16.1. The fraction of sp³-hybridized carbons (Fsp3) is 0.182. The molecule has 0 aliphatic carbocycles. The zero-order valence-electron chi connectivity index (χ0n) is 15.4. The molecule has 5 nitrogen and oxygen atoms in total. The number of aryl methyl sites for hydroxylation is 1. The second kappa shape index (κ2) is 7.06. The standard InChI is InChI=1S/C22H16ClN3O2/c1-12(27)10-19-22-20(13(2)26-28-22)17-9-8-16(24-3)11-18(17)21(25-19)14-4-6-15(23)7-5-14/h4-9,11,19H,10H2,1-2H3/t19-/m0/s1. The summed E-state index contributed by atoms with van der Waals surface area (Å²) >= 11 is 6.06. The van der Waals surface area contributed by atoms with Gasteiger partial charge in [-0.1, -0.05) is 41.0 Å². The summed E-state index contributed by atoms with van der Waals surface area (Å²) in [6.45, 7) is 10.8. The van der Waals surface area contributed by atoms with Crippen LogP contribution in [0.15, 0.2) is 52.0 Å². The van der Waals surface area contributed by atoms with Gasteiger partial charge in [0.2, 0.25) is 0 Å². The molecule has 3 aromatic rings. The number of carbonyl (C=O) groups is 1. The Hall–Kier alpha value is -3.23. The van der Waals surface area contributed by atoms with Gasteiger partial charge in [-0.15, -0.1) is 0 Å². The van der Waals surface area contributed by atoms with Gasteiger partial charge in [0.05, 0.1) is 23.5 Å². The first kappa shape index (κ1) is 18.1. The van der Waals surface area contributed by atoms with E-state index in [1.54, 1.807) is 18.2 Å². The van der Waals surface area contributed by atoms with Gasteiger partial charge in [0.1, 0.15) is 11.8 Å². The fourth-order valence-corrected chi connectivity index (χ4v) is 3.62. The van der Waals surface area contributed by atoms with Crippen molar-refractivity contribution in [3.8, 4) is 11.1 Å². The number of hydrogen-bond acceptors (Lipinski definition) is 4. The van der Waals surface area contributed by atoms with E-state index in [-0.39, 0.29) is 12.2 Å². The molecule has 0 N–H and O–H groups in total. The average Bonchev–Trinajstić information content (AvgIpc) is 3.00. The molecular weight excluding hydrogens is 374 g/mol. The Bertz CT molecular complexity index is 1150. The quantitative estimate of drug-likeness (QED) is 0.538. The van der Waals surface area contributed by atoms with Gasteiger partial charge in [-0.05, 0) is 43.2 Å². The van der Waals surface area contributed by atoms with Crippen molar-refractivity contribution >= 4 is 28.8 Å². The number of aromatic nitrogens is 1. The van der Waals surface area contributed by atoms with Crippen molar-refractivity contribution in [3.05, 3.63) is 81.5 Å². The van der Waals surface area contributed by atoms with Crippen LogP contribution >= 0.6 is 11.6 Å². The van der Waals surface area contributed by atoms with Crippen LogP contribution in [0.5, 0.6) is 0 Å². The van der Waals surface area contributed by atoms with Gasteiger partial charge in [0, 0.05) is 17.0 Å². The summed E-state index contributed by atoms with van der Waals surface area (Å²) in [7, 11) is 0. The predicted octanol–water partition coefficient (Wildman–Crippen LogP) is 5.73. The van der Waals surface area contributed by atoms with Crippen molar-refractivity contribution in [1.82, 2.24) is 5.16 Å². The zero-order chi connectivity index (χ0) is 19.8. The number of benzene rings is 2.